The van der Waals surface area contributed by atoms with E-state index in [0.29, 0.717) is 11.7 Å². The molecule has 0 spiro atoms. The second-order valence-corrected chi connectivity index (χ2v) is 9.08. The molecule has 178 valence electrons. The summed E-state index contributed by atoms with van der Waals surface area (Å²) in [6.45, 7) is 4.26. The Morgan fingerprint density at radius 3 is 2.56 bits per heavy atom. The molecule has 0 saturated carbocycles. The summed E-state index contributed by atoms with van der Waals surface area (Å²) < 4.78 is 6.81. The molecule has 1 fully saturated rings. The van der Waals surface area contributed by atoms with Crippen LogP contribution >= 0.6 is 11.8 Å². The highest BCUT2D eigenvalue weighted by Crippen LogP contribution is 2.33. The second kappa shape index (κ2) is 10.6. The normalized spacial score (nSPS) is 13.0. The topological polar surface area (TPSA) is 101 Å². The van der Waals surface area contributed by atoms with Crippen LogP contribution in [0.5, 0.6) is 6.01 Å². The Morgan fingerprint density at radius 2 is 1.88 bits per heavy atom. The number of anilines is 1. The maximum absolute atomic E-state index is 11.8. The summed E-state index contributed by atoms with van der Waals surface area (Å²) in [6, 6.07) is 8.52. The number of benzene rings is 1. The predicted octanol–water partition coefficient (Wildman–Crippen LogP) is 3.81. The van der Waals surface area contributed by atoms with Crippen LogP contribution < -0.4 is 15.0 Å². The number of ether oxygens (including phenoxy) is 1. The van der Waals surface area contributed by atoms with Crippen LogP contribution in [-0.2, 0) is 7.05 Å². The number of amides is 1. The first-order valence-corrected chi connectivity index (χ1v) is 11.9. The van der Waals surface area contributed by atoms with Gasteiger partial charge in [-0.1, -0.05) is 11.8 Å². The molecule has 1 amide bonds. The zero-order valence-electron chi connectivity index (χ0n) is 19.8. The molecular formula is C24H29N7O2S. The Bertz CT molecular complexity index is 1260. The first-order valence-electron chi connectivity index (χ1n) is 11.1. The first kappa shape index (κ1) is 23.6. The average Bonchev–Trinajstić information content (AvgIpc) is 3.62. The number of H-pyrrole nitrogens is 1. The number of methoxy groups -OCH3 is 1. The minimum atomic E-state index is -0.0715. The van der Waals surface area contributed by atoms with E-state index in [1.165, 1.54) is 12.8 Å². The summed E-state index contributed by atoms with van der Waals surface area (Å²) in [5.74, 6) is -0.0715. The van der Waals surface area contributed by atoms with Gasteiger partial charge in [0.2, 0.25) is 0 Å². The summed E-state index contributed by atoms with van der Waals surface area (Å²) in [7, 11) is 5.12. The molecule has 1 saturated heterocycles. The molecule has 9 nitrogen and oxygen atoms in total. The molecule has 1 aromatic carbocycles. The van der Waals surface area contributed by atoms with Gasteiger partial charge in [-0.25, -0.2) is 9.97 Å². The van der Waals surface area contributed by atoms with E-state index >= 15 is 0 Å². The lowest BCUT2D eigenvalue weighted by atomic mass is 10.3. The van der Waals surface area contributed by atoms with E-state index in [4.69, 9.17) is 4.74 Å². The van der Waals surface area contributed by atoms with Crippen molar-refractivity contribution in [2.75, 3.05) is 32.1 Å². The van der Waals surface area contributed by atoms with Gasteiger partial charge in [0.25, 0.3) is 5.91 Å². The van der Waals surface area contributed by atoms with Crippen LogP contribution in [0.3, 0.4) is 0 Å². The fourth-order valence-corrected chi connectivity index (χ4v) is 4.82. The number of fused-ring (bicyclic) bond motifs is 1. The molecule has 1 aliphatic rings. The number of aromatic nitrogens is 5. The predicted molar refractivity (Wildman–Crippen MR) is 134 cm³/mol. The van der Waals surface area contributed by atoms with Crippen molar-refractivity contribution in [3.05, 3.63) is 54.2 Å². The number of nitrogens with one attached hydrogen (secondary N) is 2. The second-order valence-electron chi connectivity index (χ2n) is 7.96. The molecule has 3 aromatic heterocycles. The first-order chi connectivity index (χ1) is 16.5. The fraction of sp³-hybridized carbons (Fsp3) is 0.333. The third-order valence-corrected chi connectivity index (χ3v) is 6.98. The van der Waals surface area contributed by atoms with E-state index in [2.05, 4.69) is 42.5 Å². The van der Waals surface area contributed by atoms with Crippen LogP contribution in [0.2, 0.25) is 0 Å². The Balaban J connectivity index is 0.000000180. The molecule has 0 aliphatic carbocycles. The highest BCUT2D eigenvalue weighted by molar-refractivity contribution is 7.99. The van der Waals surface area contributed by atoms with Gasteiger partial charge in [0, 0.05) is 48.1 Å². The Labute approximate surface area is 202 Å². The van der Waals surface area contributed by atoms with Crippen LogP contribution in [0.25, 0.3) is 10.9 Å². The third kappa shape index (κ3) is 5.17. The number of carbonyl (C=O) groups is 1. The molecule has 34 heavy (non-hydrogen) atoms. The zero-order chi connectivity index (χ0) is 24.1. The summed E-state index contributed by atoms with van der Waals surface area (Å²) in [5.41, 5.74) is 3.86. The lowest BCUT2D eigenvalue weighted by molar-refractivity contribution is 0.0955. The number of aromatic amines is 1. The summed E-state index contributed by atoms with van der Waals surface area (Å²) in [4.78, 5) is 24.5. The maximum Gasteiger partial charge on any atom is 0.316 e. The molecule has 4 heterocycles. The average molecular weight is 480 g/mol. The zero-order valence-corrected chi connectivity index (χ0v) is 20.6. The lowest BCUT2D eigenvalue weighted by Gasteiger charge is -2.15. The largest absolute Gasteiger partial charge is 0.467 e. The van der Waals surface area contributed by atoms with Gasteiger partial charge in [0.05, 0.1) is 36.9 Å². The molecule has 1 aliphatic heterocycles. The maximum atomic E-state index is 11.8. The van der Waals surface area contributed by atoms with E-state index in [9.17, 15) is 4.79 Å². The van der Waals surface area contributed by atoms with E-state index in [1.54, 1.807) is 25.9 Å². The van der Waals surface area contributed by atoms with E-state index < -0.39 is 0 Å². The van der Waals surface area contributed by atoms with Gasteiger partial charge in [0.15, 0.2) is 0 Å². The number of nitrogens with zero attached hydrogens (tertiary/aromatic N) is 5. The minimum Gasteiger partial charge on any atom is -0.467 e. The molecule has 0 atom stereocenters. The molecule has 2 N–H and O–H groups in total. The Morgan fingerprint density at radius 1 is 1.15 bits per heavy atom. The van der Waals surface area contributed by atoms with Crippen molar-refractivity contribution in [2.24, 2.45) is 7.05 Å². The van der Waals surface area contributed by atoms with E-state index in [0.717, 1.165) is 45.2 Å². The number of carbonyl (C=O) groups excluding carboxylic acids is 1. The number of hydrogen-bond acceptors (Lipinski definition) is 7. The molecule has 0 bridgehead atoms. The van der Waals surface area contributed by atoms with Crippen molar-refractivity contribution in [1.29, 1.82) is 0 Å². The Hall–Kier alpha value is -3.53. The van der Waals surface area contributed by atoms with Gasteiger partial charge in [-0.05, 0) is 44.0 Å². The van der Waals surface area contributed by atoms with Crippen molar-refractivity contribution in [2.45, 2.75) is 29.6 Å². The van der Waals surface area contributed by atoms with Gasteiger partial charge in [0.1, 0.15) is 5.69 Å². The van der Waals surface area contributed by atoms with Crippen molar-refractivity contribution in [3.8, 4) is 6.01 Å². The van der Waals surface area contributed by atoms with Crippen molar-refractivity contribution >= 4 is 34.3 Å². The van der Waals surface area contributed by atoms with Gasteiger partial charge in [-0.3, -0.25) is 9.89 Å². The smallest absolute Gasteiger partial charge is 0.316 e. The summed E-state index contributed by atoms with van der Waals surface area (Å²) in [6.07, 6.45) is 7.99. The van der Waals surface area contributed by atoms with E-state index in [1.807, 2.05) is 49.3 Å². The molecule has 4 aromatic rings. The van der Waals surface area contributed by atoms with E-state index in [-0.39, 0.29) is 5.91 Å². The highest BCUT2D eigenvalue weighted by atomic mass is 32.2. The SMILES string of the molecule is CNC(=O)c1cc(Sc2ccc3[nH]ncc3c2)c(C)n1C.COc1ncc(N2CCCC2)cn1. The monoisotopic (exact) mass is 479 g/mol. The molecule has 10 heteroatoms. The fourth-order valence-electron chi connectivity index (χ4n) is 3.79. The molecule has 0 unspecified atom stereocenters. The van der Waals surface area contributed by atoms with Crippen molar-refractivity contribution < 1.29 is 9.53 Å². The van der Waals surface area contributed by atoms with Gasteiger partial charge in [-0.2, -0.15) is 5.10 Å². The summed E-state index contributed by atoms with van der Waals surface area (Å²) in [5, 5.41) is 10.7. The van der Waals surface area contributed by atoms with Crippen LogP contribution in [0.1, 0.15) is 29.0 Å². The molecule has 5 rings (SSSR count). The van der Waals surface area contributed by atoms with Gasteiger partial charge in [-0.15, -0.1) is 0 Å². The van der Waals surface area contributed by atoms with Gasteiger partial charge >= 0.3 is 6.01 Å². The third-order valence-electron chi connectivity index (χ3n) is 5.86. The highest BCUT2D eigenvalue weighted by Gasteiger charge is 2.15. The van der Waals surface area contributed by atoms with Crippen molar-refractivity contribution in [1.82, 2.24) is 30.0 Å². The molecular weight excluding hydrogens is 450 g/mol. The summed E-state index contributed by atoms with van der Waals surface area (Å²) >= 11 is 1.65. The van der Waals surface area contributed by atoms with Crippen LogP contribution in [0.15, 0.2) is 52.6 Å². The Kier molecular flexibility index (Phi) is 7.36. The number of rotatable bonds is 5. The lowest BCUT2D eigenvalue weighted by Crippen LogP contribution is -2.20. The minimum absolute atomic E-state index is 0.0715. The van der Waals surface area contributed by atoms with Crippen LogP contribution in [0.4, 0.5) is 5.69 Å². The van der Waals surface area contributed by atoms with Gasteiger partial charge < -0.3 is 19.5 Å². The quantitative estimate of drug-likeness (QED) is 0.449. The number of hydrogen-bond donors (Lipinski definition) is 2. The standard InChI is InChI=1S/C15H16N4OS.C9H13N3O/c1-9-14(7-13(19(9)3)15(20)16-2)21-11-4-5-12-10(6-11)8-17-18-12;1-13-9-10-6-8(7-11-9)12-4-2-3-5-12/h4-8H,1-3H3,(H,16,20)(H,17,18);6-7H,2-5H2,1H3. The van der Waals surface area contributed by atoms with Crippen LogP contribution in [-0.4, -0.2) is 57.9 Å². The molecule has 0 radical (unpaired) electrons. The van der Waals surface area contributed by atoms with Crippen molar-refractivity contribution in [3.63, 3.8) is 0 Å². The van der Waals surface area contributed by atoms with Crippen LogP contribution in [0, 0.1) is 6.92 Å².